The molecule has 2 amide bonds. The van der Waals surface area contributed by atoms with Gasteiger partial charge in [0.15, 0.2) is 0 Å². The highest BCUT2D eigenvalue weighted by Crippen LogP contribution is 2.60. The first-order valence-corrected chi connectivity index (χ1v) is 10.8. The first kappa shape index (κ1) is 17.0. The van der Waals surface area contributed by atoms with Crippen molar-refractivity contribution in [3.8, 4) is 0 Å². The van der Waals surface area contributed by atoms with Crippen LogP contribution in [0.2, 0.25) is 0 Å². The summed E-state index contributed by atoms with van der Waals surface area (Å²) in [6, 6.07) is 30.5. The molecular weight excluding hydrogens is 382 g/mol. The number of nitrogens with zero attached hydrogens (tertiary/aromatic N) is 1. The summed E-state index contributed by atoms with van der Waals surface area (Å²) in [4.78, 5) is 29.2. The van der Waals surface area contributed by atoms with E-state index in [9.17, 15) is 9.59 Å². The van der Waals surface area contributed by atoms with Crippen molar-refractivity contribution in [2.75, 3.05) is 4.90 Å². The Balaban J connectivity index is 1.56. The number of benzene rings is 4. The lowest BCUT2D eigenvalue weighted by atomic mass is 9.64. The lowest BCUT2D eigenvalue weighted by molar-refractivity contribution is -0.122. The first-order chi connectivity index (χ1) is 15.3. The monoisotopic (exact) mass is 401 g/mol. The molecule has 3 heteroatoms. The van der Waals surface area contributed by atoms with E-state index < -0.39 is 0 Å². The smallest absolute Gasteiger partial charge is 0.238 e. The third-order valence-corrected chi connectivity index (χ3v) is 7.44. The molecule has 1 heterocycles. The molecule has 0 unspecified atom stereocenters. The fourth-order valence-electron chi connectivity index (χ4n) is 6.35. The summed E-state index contributed by atoms with van der Waals surface area (Å²) in [5.74, 6) is -1.15. The van der Waals surface area contributed by atoms with E-state index in [1.165, 1.54) is 37.9 Å². The molecule has 1 aliphatic heterocycles. The Labute approximate surface area is 179 Å². The van der Waals surface area contributed by atoms with E-state index in [1.807, 2.05) is 30.3 Å². The minimum Gasteiger partial charge on any atom is -0.274 e. The molecular formula is C28H19NO2. The van der Waals surface area contributed by atoms with Crippen molar-refractivity contribution >= 4 is 28.3 Å². The number of hydrogen-bond donors (Lipinski definition) is 0. The summed E-state index contributed by atoms with van der Waals surface area (Å²) in [6.45, 7) is 0. The van der Waals surface area contributed by atoms with Gasteiger partial charge in [0.25, 0.3) is 0 Å². The molecule has 3 aliphatic carbocycles. The van der Waals surface area contributed by atoms with Crippen LogP contribution in [0.25, 0.3) is 10.8 Å². The molecule has 1 fully saturated rings. The fourth-order valence-corrected chi connectivity index (χ4v) is 6.35. The molecule has 4 atom stereocenters. The second-order valence-corrected chi connectivity index (χ2v) is 8.78. The summed E-state index contributed by atoms with van der Waals surface area (Å²) in [6.07, 6.45) is 0. The average molecular weight is 401 g/mol. The Bertz CT molecular complexity index is 1320. The zero-order valence-corrected chi connectivity index (χ0v) is 16.7. The van der Waals surface area contributed by atoms with Gasteiger partial charge >= 0.3 is 0 Å². The van der Waals surface area contributed by atoms with Gasteiger partial charge in [0.2, 0.25) is 11.8 Å². The number of rotatable bonds is 1. The number of anilines is 1. The maximum absolute atomic E-state index is 13.9. The zero-order chi connectivity index (χ0) is 20.7. The number of hydrogen-bond acceptors (Lipinski definition) is 2. The second-order valence-electron chi connectivity index (χ2n) is 8.78. The molecule has 1 saturated heterocycles. The van der Waals surface area contributed by atoms with Gasteiger partial charge in [-0.2, -0.15) is 0 Å². The maximum Gasteiger partial charge on any atom is 0.238 e. The molecule has 0 radical (unpaired) electrons. The van der Waals surface area contributed by atoms with Crippen molar-refractivity contribution in [3.05, 3.63) is 113 Å². The van der Waals surface area contributed by atoms with Crippen LogP contribution in [-0.4, -0.2) is 11.8 Å². The third kappa shape index (κ3) is 2.03. The molecule has 0 saturated carbocycles. The molecule has 0 N–H and O–H groups in total. The number of para-hydroxylation sites is 1. The highest BCUT2D eigenvalue weighted by atomic mass is 16.2. The average Bonchev–Trinajstić information content (AvgIpc) is 2.94. The minimum atomic E-state index is -0.384. The quantitative estimate of drug-likeness (QED) is 0.409. The van der Waals surface area contributed by atoms with Gasteiger partial charge < -0.3 is 0 Å². The largest absolute Gasteiger partial charge is 0.274 e. The van der Waals surface area contributed by atoms with E-state index in [0.29, 0.717) is 5.69 Å². The summed E-state index contributed by atoms with van der Waals surface area (Å²) in [5, 5.41) is 2.40. The summed E-state index contributed by atoms with van der Waals surface area (Å²) in [7, 11) is 0. The Hall–Kier alpha value is -3.72. The molecule has 3 nitrogen and oxygen atoms in total. The van der Waals surface area contributed by atoms with E-state index in [4.69, 9.17) is 0 Å². The van der Waals surface area contributed by atoms with Gasteiger partial charge in [-0.05, 0) is 45.2 Å². The van der Waals surface area contributed by atoms with Gasteiger partial charge in [0.1, 0.15) is 0 Å². The van der Waals surface area contributed by atoms with Gasteiger partial charge in [-0.1, -0.05) is 78.9 Å². The number of imide groups is 1. The molecule has 148 valence electrons. The van der Waals surface area contributed by atoms with Gasteiger partial charge in [0.05, 0.1) is 17.5 Å². The van der Waals surface area contributed by atoms with Crippen LogP contribution in [0.4, 0.5) is 5.69 Å². The maximum atomic E-state index is 13.9. The molecule has 0 aromatic heterocycles. The van der Waals surface area contributed by atoms with Gasteiger partial charge in [-0.3, -0.25) is 9.59 Å². The van der Waals surface area contributed by atoms with Crippen LogP contribution in [0.5, 0.6) is 0 Å². The van der Waals surface area contributed by atoms with Gasteiger partial charge in [-0.15, -0.1) is 0 Å². The molecule has 8 rings (SSSR count). The lowest BCUT2D eigenvalue weighted by Crippen LogP contribution is -2.34. The summed E-state index contributed by atoms with van der Waals surface area (Å²) in [5.41, 5.74) is 5.39. The molecule has 31 heavy (non-hydrogen) atoms. The fraction of sp³-hybridized carbons (Fsp3) is 0.143. The normalized spacial score (nSPS) is 25.5. The molecule has 0 spiro atoms. The van der Waals surface area contributed by atoms with Crippen LogP contribution < -0.4 is 4.90 Å². The standard InChI is InChI=1S/C28H19NO2/c30-27-25-23-18-12-4-5-13-19(18)24(21-15-7-9-16-8-6-14-20(23)22(16)21)26(25)28(31)29(27)17-10-2-1-3-11-17/h1-15,23-26H/t23-,24-,25-,26+/m0/s1. The van der Waals surface area contributed by atoms with Crippen molar-refractivity contribution in [2.24, 2.45) is 11.8 Å². The van der Waals surface area contributed by atoms with E-state index >= 15 is 0 Å². The molecule has 4 aromatic carbocycles. The minimum absolute atomic E-state index is 0.0736. The predicted molar refractivity (Wildman–Crippen MR) is 120 cm³/mol. The van der Waals surface area contributed by atoms with Crippen LogP contribution in [0, 0.1) is 11.8 Å². The van der Waals surface area contributed by atoms with Gasteiger partial charge in [-0.25, -0.2) is 4.90 Å². The second kappa shape index (κ2) is 5.92. The molecule has 4 aromatic rings. The van der Waals surface area contributed by atoms with E-state index in [1.54, 1.807) is 0 Å². The first-order valence-electron chi connectivity index (χ1n) is 10.8. The Kier molecular flexibility index (Phi) is 3.25. The molecule has 2 bridgehead atoms. The van der Waals surface area contributed by atoms with Crippen LogP contribution in [0.3, 0.4) is 0 Å². The van der Waals surface area contributed by atoms with E-state index in [-0.39, 0.29) is 35.5 Å². The van der Waals surface area contributed by atoms with Crippen molar-refractivity contribution in [1.29, 1.82) is 0 Å². The van der Waals surface area contributed by atoms with E-state index in [2.05, 4.69) is 60.7 Å². The number of amides is 2. The number of carbonyl (C=O) groups excluding carboxylic acids is 2. The predicted octanol–water partition coefficient (Wildman–Crippen LogP) is 5.24. The highest BCUT2D eigenvalue weighted by Gasteiger charge is 2.60. The van der Waals surface area contributed by atoms with Crippen LogP contribution in [-0.2, 0) is 9.59 Å². The topological polar surface area (TPSA) is 37.4 Å². The SMILES string of the molecule is O=C1[C@@H]2[C@H]3c4ccccc4[C@@H](c4cccc5cccc3c45)[C@@H]2C(=O)N1c1ccccc1. The Morgan fingerprint density at radius 2 is 1.00 bits per heavy atom. The number of carbonyl (C=O) groups is 2. The Morgan fingerprint density at radius 3 is 1.55 bits per heavy atom. The third-order valence-electron chi connectivity index (χ3n) is 7.44. The van der Waals surface area contributed by atoms with E-state index in [0.717, 1.165) is 0 Å². The molecule has 4 aliphatic rings. The van der Waals surface area contributed by atoms with Gasteiger partial charge in [0, 0.05) is 11.8 Å². The van der Waals surface area contributed by atoms with Crippen molar-refractivity contribution in [2.45, 2.75) is 11.8 Å². The van der Waals surface area contributed by atoms with Crippen molar-refractivity contribution in [1.82, 2.24) is 0 Å². The van der Waals surface area contributed by atoms with Crippen molar-refractivity contribution in [3.63, 3.8) is 0 Å². The summed E-state index contributed by atoms with van der Waals surface area (Å²) < 4.78 is 0. The van der Waals surface area contributed by atoms with Crippen LogP contribution in [0.15, 0.2) is 91.0 Å². The highest BCUT2D eigenvalue weighted by molar-refractivity contribution is 6.23. The lowest BCUT2D eigenvalue weighted by Gasteiger charge is -2.36. The van der Waals surface area contributed by atoms with Crippen LogP contribution >= 0.6 is 0 Å². The zero-order valence-electron chi connectivity index (χ0n) is 16.7. The van der Waals surface area contributed by atoms with Crippen molar-refractivity contribution < 1.29 is 9.59 Å². The van der Waals surface area contributed by atoms with Crippen LogP contribution in [0.1, 0.15) is 34.1 Å². The summed E-state index contributed by atoms with van der Waals surface area (Å²) >= 11 is 0. The Morgan fingerprint density at radius 1 is 0.516 bits per heavy atom.